The second-order valence-electron chi connectivity index (χ2n) is 6.43. The van der Waals surface area contributed by atoms with Crippen LogP contribution in [0, 0.1) is 5.82 Å². The zero-order valence-electron chi connectivity index (χ0n) is 15.4. The van der Waals surface area contributed by atoms with Gasteiger partial charge >= 0.3 is 0 Å². The maximum absolute atomic E-state index is 13.2. The molecule has 2 N–H and O–H groups in total. The minimum Gasteiger partial charge on any atom is -0.289 e. The predicted molar refractivity (Wildman–Crippen MR) is 111 cm³/mol. The molecule has 1 unspecified atom stereocenters. The van der Waals surface area contributed by atoms with E-state index in [1.54, 1.807) is 34.5 Å². The zero-order valence-corrected chi connectivity index (χ0v) is 16.2. The topological polar surface area (TPSA) is 71.3 Å². The van der Waals surface area contributed by atoms with E-state index in [1.165, 1.54) is 12.1 Å². The Balaban J connectivity index is 1.71. The van der Waals surface area contributed by atoms with Crippen molar-refractivity contribution in [2.45, 2.75) is 25.4 Å². The second kappa shape index (κ2) is 8.12. The Morgan fingerprint density at radius 2 is 2.00 bits per heavy atom. The van der Waals surface area contributed by atoms with Gasteiger partial charge in [0.25, 0.3) is 5.56 Å². The van der Waals surface area contributed by atoms with Crippen LogP contribution < -0.4 is 16.3 Å². The number of nitrogens with one attached hydrogen (secondary N) is 2. The van der Waals surface area contributed by atoms with Crippen LogP contribution in [0.25, 0.3) is 10.9 Å². The van der Waals surface area contributed by atoms with Gasteiger partial charge in [0.2, 0.25) is 0 Å². The van der Waals surface area contributed by atoms with Gasteiger partial charge in [0.15, 0.2) is 0 Å². The Hall–Kier alpha value is -2.71. The van der Waals surface area contributed by atoms with E-state index < -0.39 is 0 Å². The van der Waals surface area contributed by atoms with Crippen LogP contribution in [0.15, 0.2) is 58.4 Å². The fraction of sp³-hybridized carbons (Fsp3) is 0.250. The molecule has 1 aliphatic heterocycles. The highest BCUT2D eigenvalue weighted by molar-refractivity contribution is 8.14. The SMILES string of the molecule is CCNC1NN=C(Cn2c(Cc3ccc(F)cc3)nc3ccccc3c2=O)S1. The molecule has 28 heavy (non-hydrogen) atoms. The fourth-order valence-corrected chi connectivity index (χ4v) is 4.03. The van der Waals surface area contributed by atoms with Crippen molar-refractivity contribution in [3.63, 3.8) is 0 Å². The van der Waals surface area contributed by atoms with Crippen LogP contribution in [0.4, 0.5) is 4.39 Å². The van der Waals surface area contributed by atoms with Crippen molar-refractivity contribution in [1.29, 1.82) is 0 Å². The van der Waals surface area contributed by atoms with Crippen molar-refractivity contribution in [1.82, 2.24) is 20.3 Å². The maximum Gasteiger partial charge on any atom is 0.261 e. The molecule has 0 spiro atoms. The van der Waals surface area contributed by atoms with Gasteiger partial charge in [-0.25, -0.2) is 9.37 Å². The molecule has 0 saturated heterocycles. The van der Waals surface area contributed by atoms with Gasteiger partial charge in [0, 0.05) is 6.42 Å². The Morgan fingerprint density at radius 1 is 1.21 bits per heavy atom. The van der Waals surface area contributed by atoms with Gasteiger partial charge in [0.05, 0.1) is 17.4 Å². The van der Waals surface area contributed by atoms with Crippen LogP contribution in [0.3, 0.4) is 0 Å². The Bertz CT molecular complexity index is 1080. The number of hydrazone groups is 1. The third-order valence-corrected chi connectivity index (χ3v) is 5.46. The number of hydrogen-bond donors (Lipinski definition) is 2. The summed E-state index contributed by atoms with van der Waals surface area (Å²) in [6, 6.07) is 13.6. The van der Waals surface area contributed by atoms with Crippen molar-refractivity contribution in [3.05, 3.63) is 76.1 Å². The summed E-state index contributed by atoms with van der Waals surface area (Å²) in [6.07, 6.45) is 0.433. The summed E-state index contributed by atoms with van der Waals surface area (Å²) in [5.41, 5.74) is 4.48. The Morgan fingerprint density at radius 3 is 2.79 bits per heavy atom. The summed E-state index contributed by atoms with van der Waals surface area (Å²) in [6.45, 7) is 3.19. The lowest BCUT2D eigenvalue weighted by atomic mass is 10.1. The Kier molecular flexibility index (Phi) is 5.40. The highest BCUT2D eigenvalue weighted by Crippen LogP contribution is 2.18. The largest absolute Gasteiger partial charge is 0.289 e. The highest BCUT2D eigenvalue weighted by Gasteiger charge is 2.21. The second-order valence-corrected chi connectivity index (χ2v) is 7.61. The smallest absolute Gasteiger partial charge is 0.261 e. The number of halogens is 1. The van der Waals surface area contributed by atoms with Crippen molar-refractivity contribution in [2.24, 2.45) is 5.10 Å². The molecule has 2 aromatic carbocycles. The van der Waals surface area contributed by atoms with E-state index in [0.29, 0.717) is 29.7 Å². The number of nitrogens with zero attached hydrogens (tertiary/aromatic N) is 3. The van der Waals surface area contributed by atoms with Crippen LogP contribution >= 0.6 is 11.8 Å². The summed E-state index contributed by atoms with van der Waals surface area (Å²) in [4.78, 5) is 17.9. The third-order valence-electron chi connectivity index (χ3n) is 4.46. The average molecular weight is 397 g/mol. The number of hydrogen-bond acceptors (Lipinski definition) is 6. The zero-order chi connectivity index (χ0) is 19.5. The first-order valence-corrected chi connectivity index (χ1v) is 9.97. The van der Waals surface area contributed by atoms with E-state index in [0.717, 1.165) is 17.2 Å². The molecule has 0 fully saturated rings. The standard InChI is InChI=1S/C20H20FN5OS/c1-2-22-20-25-24-18(28-20)12-26-17(11-13-7-9-14(21)10-8-13)23-16-6-4-3-5-15(16)19(26)27/h3-10,20,22,25H,2,11-12H2,1H3. The lowest BCUT2D eigenvalue weighted by molar-refractivity contribution is 0.588. The summed E-state index contributed by atoms with van der Waals surface area (Å²) >= 11 is 1.55. The van der Waals surface area contributed by atoms with Gasteiger partial charge < -0.3 is 0 Å². The lowest BCUT2D eigenvalue weighted by Crippen LogP contribution is -2.33. The maximum atomic E-state index is 13.2. The average Bonchev–Trinajstić information content (AvgIpc) is 3.14. The number of benzene rings is 2. The number of fused-ring (bicyclic) bond motifs is 1. The van der Waals surface area contributed by atoms with Crippen molar-refractivity contribution < 1.29 is 4.39 Å². The first-order valence-electron chi connectivity index (χ1n) is 9.09. The molecule has 0 saturated carbocycles. The molecule has 0 radical (unpaired) electrons. The van der Waals surface area contributed by atoms with Crippen LogP contribution in [0.5, 0.6) is 0 Å². The van der Waals surface area contributed by atoms with E-state index in [4.69, 9.17) is 4.98 Å². The molecular weight excluding hydrogens is 377 g/mol. The molecule has 3 aromatic rings. The first kappa shape index (κ1) is 18.6. The van der Waals surface area contributed by atoms with Gasteiger partial charge in [-0.15, -0.1) is 0 Å². The number of rotatable bonds is 6. The van der Waals surface area contributed by atoms with Gasteiger partial charge in [0.1, 0.15) is 22.2 Å². The molecule has 6 nitrogen and oxygen atoms in total. The summed E-state index contributed by atoms with van der Waals surface area (Å²) < 4.78 is 14.9. The number of para-hydroxylation sites is 1. The van der Waals surface area contributed by atoms with Gasteiger partial charge in [-0.1, -0.05) is 43.0 Å². The molecule has 0 aliphatic carbocycles. The van der Waals surface area contributed by atoms with Crippen molar-refractivity contribution in [3.8, 4) is 0 Å². The van der Waals surface area contributed by atoms with Crippen molar-refractivity contribution in [2.75, 3.05) is 6.54 Å². The predicted octanol–water partition coefficient (Wildman–Crippen LogP) is 2.67. The monoisotopic (exact) mass is 397 g/mol. The van der Waals surface area contributed by atoms with E-state index in [-0.39, 0.29) is 16.9 Å². The van der Waals surface area contributed by atoms with Crippen LogP contribution in [-0.2, 0) is 13.0 Å². The summed E-state index contributed by atoms with van der Waals surface area (Å²) in [5.74, 6) is 0.343. The molecule has 2 heterocycles. The molecule has 1 aliphatic rings. The van der Waals surface area contributed by atoms with Crippen LogP contribution in [0.1, 0.15) is 18.3 Å². The fourth-order valence-electron chi connectivity index (χ4n) is 3.10. The quantitative estimate of drug-likeness (QED) is 0.669. The molecule has 1 atom stereocenters. The Labute approximate surface area is 165 Å². The van der Waals surface area contributed by atoms with E-state index in [2.05, 4.69) is 15.8 Å². The van der Waals surface area contributed by atoms with E-state index >= 15 is 0 Å². The van der Waals surface area contributed by atoms with Gasteiger partial charge in [-0.3, -0.25) is 20.1 Å². The molecule has 0 bridgehead atoms. The molecular formula is C20H20FN5OS. The minimum atomic E-state index is -0.287. The van der Waals surface area contributed by atoms with E-state index in [9.17, 15) is 9.18 Å². The molecule has 4 rings (SSSR count). The summed E-state index contributed by atoms with van der Waals surface area (Å²) in [7, 11) is 0. The summed E-state index contributed by atoms with van der Waals surface area (Å²) in [5, 5.41) is 8.99. The van der Waals surface area contributed by atoms with Crippen LogP contribution in [-0.4, -0.2) is 26.6 Å². The van der Waals surface area contributed by atoms with E-state index in [1.807, 2.05) is 25.1 Å². The lowest BCUT2D eigenvalue weighted by Gasteiger charge is -2.14. The van der Waals surface area contributed by atoms with Crippen molar-refractivity contribution >= 4 is 27.7 Å². The highest BCUT2D eigenvalue weighted by atomic mass is 32.2. The minimum absolute atomic E-state index is 0.00432. The normalized spacial score (nSPS) is 16.2. The number of aromatic nitrogens is 2. The first-order chi connectivity index (χ1) is 13.6. The third kappa shape index (κ3) is 3.93. The van der Waals surface area contributed by atoms with Crippen LogP contribution in [0.2, 0.25) is 0 Å². The van der Waals surface area contributed by atoms with Gasteiger partial charge in [-0.2, -0.15) is 5.10 Å². The molecule has 0 amide bonds. The number of thioether (sulfide) groups is 1. The molecule has 1 aromatic heterocycles. The van der Waals surface area contributed by atoms with Gasteiger partial charge in [-0.05, 0) is 36.4 Å². The molecule has 144 valence electrons. The molecule has 8 heteroatoms.